The van der Waals surface area contributed by atoms with Crippen molar-refractivity contribution < 1.29 is 0 Å². The lowest BCUT2D eigenvalue weighted by Crippen LogP contribution is -2.20. The van der Waals surface area contributed by atoms with E-state index in [0.29, 0.717) is 24.0 Å². The number of hydrogen-bond donors (Lipinski definition) is 2. The molecule has 0 atom stereocenters. The summed E-state index contributed by atoms with van der Waals surface area (Å²) in [6, 6.07) is 7.35. The predicted octanol–water partition coefficient (Wildman–Crippen LogP) is 4.67. The number of aryl methyl sites for hydroxylation is 2. The molecule has 9 heteroatoms. The molecule has 3 heterocycles. The summed E-state index contributed by atoms with van der Waals surface area (Å²) in [7, 11) is 1.89. The minimum absolute atomic E-state index is 0.261. The lowest BCUT2D eigenvalue weighted by molar-refractivity contribution is 0.756. The Morgan fingerprint density at radius 3 is 2.55 bits per heavy atom. The van der Waals surface area contributed by atoms with Crippen molar-refractivity contribution in [2.75, 3.05) is 5.32 Å². The predicted molar refractivity (Wildman–Crippen MR) is 116 cm³/mol. The number of rotatable bonds is 6. The number of pyridine rings is 2. The molecule has 0 spiro atoms. The molecule has 0 aliphatic heterocycles. The van der Waals surface area contributed by atoms with Crippen LogP contribution in [-0.2, 0) is 13.6 Å². The maximum atomic E-state index is 9.12. The highest BCUT2D eigenvalue weighted by Crippen LogP contribution is 2.27. The first-order valence-electron chi connectivity index (χ1n) is 9.05. The zero-order chi connectivity index (χ0) is 21.1. The quantitative estimate of drug-likeness (QED) is 0.436. The second kappa shape index (κ2) is 8.68. The van der Waals surface area contributed by atoms with E-state index in [-0.39, 0.29) is 10.3 Å². The van der Waals surface area contributed by atoms with Crippen molar-refractivity contribution >= 4 is 39.9 Å². The number of allylic oxidation sites excluding steroid dienone is 1. The smallest absolute Gasteiger partial charge is 0.158 e. The number of nitriles is 1. The lowest BCUT2D eigenvalue weighted by atomic mass is 9.99. The lowest BCUT2D eigenvalue weighted by Gasteiger charge is -2.15. The molecule has 2 N–H and O–H groups in total. The van der Waals surface area contributed by atoms with E-state index in [0.717, 1.165) is 22.4 Å². The van der Waals surface area contributed by atoms with Gasteiger partial charge in [0.2, 0.25) is 0 Å². The molecule has 0 saturated heterocycles. The van der Waals surface area contributed by atoms with Gasteiger partial charge in [-0.1, -0.05) is 37.0 Å². The van der Waals surface area contributed by atoms with Gasteiger partial charge in [0.25, 0.3) is 0 Å². The van der Waals surface area contributed by atoms with Gasteiger partial charge in [-0.15, -0.1) is 0 Å². The molecule has 0 aliphatic carbocycles. The molecule has 0 fully saturated rings. The van der Waals surface area contributed by atoms with Crippen LogP contribution in [0.1, 0.15) is 36.7 Å². The Labute approximate surface area is 179 Å². The molecule has 0 aromatic carbocycles. The standard InChI is InChI=1S/C20H21Cl2N7/c1-11(2)15-7-14(26-20-19(15)12(3)28-29(20)4)10-24-18(5-6-23)25-13-8-16(21)27-17(22)9-13/h5,7-9,11,24H,10H2,1-4H3,(H,25,27)/b18-5-. The number of anilines is 1. The minimum atomic E-state index is 0.261. The van der Waals surface area contributed by atoms with Crippen molar-refractivity contribution in [2.45, 2.75) is 33.2 Å². The first-order chi connectivity index (χ1) is 13.8. The third-order valence-electron chi connectivity index (χ3n) is 4.38. The number of nitrogens with one attached hydrogen (secondary N) is 2. The first kappa shape index (κ1) is 20.9. The average molecular weight is 430 g/mol. The van der Waals surface area contributed by atoms with Crippen molar-refractivity contribution in [3.8, 4) is 6.07 Å². The molecule has 3 rings (SSSR count). The van der Waals surface area contributed by atoms with Crippen molar-refractivity contribution in [1.82, 2.24) is 25.1 Å². The average Bonchev–Trinajstić information content (AvgIpc) is 2.92. The molecule has 29 heavy (non-hydrogen) atoms. The van der Waals surface area contributed by atoms with E-state index in [9.17, 15) is 0 Å². The Morgan fingerprint density at radius 2 is 1.93 bits per heavy atom. The number of hydrogen-bond acceptors (Lipinski definition) is 6. The molecule has 0 amide bonds. The summed E-state index contributed by atoms with van der Waals surface area (Å²) >= 11 is 11.9. The maximum absolute atomic E-state index is 9.12. The molecule has 3 aromatic heterocycles. The molecule has 0 bridgehead atoms. The van der Waals surface area contributed by atoms with Crippen LogP contribution in [0.15, 0.2) is 30.1 Å². The molecule has 0 saturated carbocycles. The van der Waals surface area contributed by atoms with Crippen LogP contribution in [0.25, 0.3) is 11.0 Å². The topological polar surface area (TPSA) is 91.5 Å². The summed E-state index contributed by atoms with van der Waals surface area (Å²) in [6.45, 7) is 6.72. The second-order valence-electron chi connectivity index (χ2n) is 6.93. The van der Waals surface area contributed by atoms with Gasteiger partial charge in [-0.05, 0) is 36.6 Å². The van der Waals surface area contributed by atoms with Gasteiger partial charge < -0.3 is 10.6 Å². The third-order valence-corrected chi connectivity index (χ3v) is 4.77. The zero-order valence-corrected chi connectivity index (χ0v) is 18.1. The van der Waals surface area contributed by atoms with Gasteiger partial charge in [-0.3, -0.25) is 4.68 Å². The number of nitrogens with zero attached hydrogens (tertiary/aromatic N) is 5. The van der Waals surface area contributed by atoms with Crippen molar-refractivity contribution in [3.63, 3.8) is 0 Å². The van der Waals surface area contributed by atoms with E-state index < -0.39 is 0 Å². The van der Waals surface area contributed by atoms with Gasteiger partial charge in [0, 0.05) is 18.1 Å². The maximum Gasteiger partial charge on any atom is 0.158 e. The Bertz CT molecular complexity index is 1110. The Balaban J connectivity index is 1.86. The SMILES string of the molecule is Cc1nn(C)c2nc(CN/C(=C/C#N)Nc3cc(Cl)nc(Cl)c3)cc(C(C)C)c12. The normalized spacial score (nSPS) is 11.7. The zero-order valence-electron chi connectivity index (χ0n) is 16.6. The van der Waals surface area contributed by atoms with Gasteiger partial charge in [-0.2, -0.15) is 10.4 Å². The molecular formula is C20H21Cl2N7. The summed E-state index contributed by atoms with van der Waals surface area (Å²) in [6.07, 6.45) is 1.37. The monoisotopic (exact) mass is 429 g/mol. The summed E-state index contributed by atoms with van der Waals surface area (Å²) < 4.78 is 1.80. The Morgan fingerprint density at radius 1 is 1.24 bits per heavy atom. The van der Waals surface area contributed by atoms with Crippen LogP contribution in [0.4, 0.5) is 5.69 Å². The molecule has 0 radical (unpaired) electrons. The van der Waals surface area contributed by atoms with E-state index in [4.69, 9.17) is 33.4 Å². The van der Waals surface area contributed by atoms with Crippen molar-refractivity contribution in [3.05, 3.63) is 57.4 Å². The summed E-state index contributed by atoms with van der Waals surface area (Å²) in [4.78, 5) is 8.67. The molecule has 0 aliphatic rings. The van der Waals surface area contributed by atoms with Gasteiger partial charge in [0.1, 0.15) is 16.1 Å². The van der Waals surface area contributed by atoms with Crippen LogP contribution in [0.2, 0.25) is 10.3 Å². The van der Waals surface area contributed by atoms with Crippen LogP contribution < -0.4 is 10.6 Å². The van der Waals surface area contributed by atoms with Crippen molar-refractivity contribution in [2.24, 2.45) is 7.05 Å². The highest BCUT2D eigenvalue weighted by atomic mass is 35.5. The number of halogens is 2. The fourth-order valence-electron chi connectivity index (χ4n) is 3.15. The number of fused-ring (bicyclic) bond motifs is 1. The third kappa shape index (κ3) is 4.78. The largest absolute Gasteiger partial charge is 0.365 e. The highest BCUT2D eigenvalue weighted by Gasteiger charge is 2.15. The fourth-order valence-corrected chi connectivity index (χ4v) is 3.61. The van der Waals surface area contributed by atoms with Crippen LogP contribution in [-0.4, -0.2) is 19.7 Å². The molecule has 3 aromatic rings. The second-order valence-corrected chi connectivity index (χ2v) is 7.71. The van der Waals surface area contributed by atoms with E-state index in [1.54, 1.807) is 16.8 Å². The molecular weight excluding hydrogens is 409 g/mol. The van der Waals surface area contributed by atoms with Crippen LogP contribution >= 0.6 is 23.2 Å². The molecule has 7 nitrogen and oxygen atoms in total. The van der Waals surface area contributed by atoms with Crippen LogP contribution in [0, 0.1) is 18.3 Å². The van der Waals surface area contributed by atoms with Gasteiger partial charge in [-0.25, -0.2) is 9.97 Å². The van der Waals surface area contributed by atoms with Crippen LogP contribution in [0.5, 0.6) is 0 Å². The number of aromatic nitrogens is 4. The molecule has 0 unspecified atom stereocenters. The van der Waals surface area contributed by atoms with Crippen molar-refractivity contribution in [1.29, 1.82) is 5.26 Å². The van der Waals surface area contributed by atoms with E-state index in [1.165, 1.54) is 11.6 Å². The first-order valence-corrected chi connectivity index (χ1v) is 9.81. The summed E-state index contributed by atoms with van der Waals surface area (Å²) in [5.74, 6) is 0.829. The Kier molecular flexibility index (Phi) is 6.26. The fraction of sp³-hybridized carbons (Fsp3) is 0.300. The van der Waals surface area contributed by atoms with Gasteiger partial charge in [0.15, 0.2) is 5.65 Å². The van der Waals surface area contributed by atoms with Gasteiger partial charge >= 0.3 is 0 Å². The summed E-state index contributed by atoms with van der Waals surface area (Å²) in [5.41, 5.74) is 4.48. The highest BCUT2D eigenvalue weighted by molar-refractivity contribution is 6.32. The Hall–Kier alpha value is -2.82. The molecule has 150 valence electrons. The summed E-state index contributed by atoms with van der Waals surface area (Å²) in [5, 5.41) is 21.6. The van der Waals surface area contributed by atoms with E-state index >= 15 is 0 Å². The van der Waals surface area contributed by atoms with Gasteiger partial charge in [0.05, 0.1) is 30.1 Å². The van der Waals surface area contributed by atoms with Crippen LogP contribution in [0.3, 0.4) is 0 Å². The van der Waals surface area contributed by atoms with E-state index in [1.807, 2.05) is 20.0 Å². The van der Waals surface area contributed by atoms with E-state index in [2.05, 4.69) is 40.6 Å². The minimum Gasteiger partial charge on any atom is -0.365 e.